The van der Waals surface area contributed by atoms with Crippen molar-refractivity contribution in [2.75, 3.05) is 7.11 Å². The molecule has 31 heavy (non-hydrogen) atoms. The fourth-order valence-electron chi connectivity index (χ4n) is 3.95. The summed E-state index contributed by atoms with van der Waals surface area (Å²) in [6.07, 6.45) is 1.56. The summed E-state index contributed by atoms with van der Waals surface area (Å²) in [5.74, 6) is 0.835. The monoisotopic (exact) mass is 435 g/mol. The molecule has 0 aliphatic rings. The molecular weight excluding hydrogens is 418 g/mol. The Balaban J connectivity index is 1.79. The Hall–Kier alpha value is -3.58. The summed E-state index contributed by atoms with van der Waals surface area (Å²) < 4.78 is 18.1. The SMILES string of the molecule is COc1cc2c(cc1-c1c(C)noc1C)ncc1oc(=O)n(Cc3ccccc3Cl)c12. The predicted octanol–water partition coefficient (Wildman–Crippen LogP) is 5.12. The first-order valence-electron chi connectivity index (χ1n) is 9.64. The highest BCUT2D eigenvalue weighted by molar-refractivity contribution is 6.31. The molecule has 0 unspecified atom stereocenters. The highest BCUT2D eigenvalue weighted by atomic mass is 35.5. The number of benzene rings is 2. The van der Waals surface area contributed by atoms with E-state index in [-0.39, 0.29) is 6.54 Å². The topological polar surface area (TPSA) is 83.3 Å². The van der Waals surface area contributed by atoms with Crippen molar-refractivity contribution in [3.05, 3.63) is 75.2 Å². The molecule has 0 bridgehead atoms. The molecule has 8 heteroatoms. The van der Waals surface area contributed by atoms with E-state index >= 15 is 0 Å². The number of ether oxygens (including phenoxy) is 1. The molecule has 156 valence electrons. The quantitative estimate of drug-likeness (QED) is 0.389. The molecule has 0 atom stereocenters. The van der Waals surface area contributed by atoms with Crippen LogP contribution in [0.3, 0.4) is 0 Å². The summed E-state index contributed by atoms with van der Waals surface area (Å²) in [6, 6.07) is 11.2. The lowest BCUT2D eigenvalue weighted by atomic mass is 10.0. The smallest absolute Gasteiger partial charge is 0.420 e. The first-order chi connectivity index (χ1) is 15.0. The van der Waals surface area contributed by atoms with Gasteiger partial charge in [-0.05, 0) is 37.6 Å². The molecule has 5 rings (SSSR count). The predicted molar refractivity (Wildman–Crippen MR) is 118 cm³/mol. The van der Waals surface area contributed by atoms with Gasteiger partial charge in [0.15, 0.2) is 5.58 Å². The van der Waals surface area contributed by atoms with Crippen molar-refractivity contribution < 1.29 is 13.7 Å². The molecular formula is C23H18ClN3O4. The van der Waals surface area contributed by atoms with E-state index in [1.165, 1.54) is 0 Å². The van der Waals surface area contributed by atoms with E-state index in [0.29, 0.717) is 33.1 Å². The number of hydrogen-bond acceptors (Lipinski definition) is 6. The first kappa shape index (κ1) is 19.4. The molecule has 0 fully saturated rings. The van der Waals surface area contributed by atoms with Gasteiger partial charge in [0, 0.05) is 16.0 Å². The highest BCUT2D eigenvalue weighted by Crippen LogP contribution is 2.38. The Bertz CT molecular complexity index is 1490. The fraction of sp³-hybridized carbons (Fsp3) is 0.174. The largest absolute Gasteiger partial charge is 0.496 e. The van der Waals surface area contributed by atoms with Crippen LogP contribution in [0.15, 0.2) is 56.3 Å². The van der Waals surface area contributed by atoms with Crippen LogP contribution in [0.2, 0.25) is 5.02 Å². The molecule has 0 N–H and O–H groups in total. The minimum atomic E-state index is -0.474. The van der Waals surface area contributed by atoms with Gasteiger partial charge in [-0.1, -0.05) is 35.0 Å². The summed E-state index contributed by atoms with van der Waals surface area (Å²) in [6.45, 7) is 4.01. The molecule has 2 aromatic carbocycles. The van der Waals surface area contributed by atoms with Gasteiger partial charge in [0.05, 0.1) is 36.6 Å². The number of oxazole rings is 1. The van der Waals surface area contributed by atoms with Crippen LogP contribution in [-0.2, 0) is 6.54 Å². The number of hydrogen-bond donors (Lipinski definition) is 0. The van der Waals surface area contributed by atoms with Crippen molar-refractivity contribution in [3.8, 4) is 16.9 Å². The van der Waals surface area contributed by atoms with E-state index in [2.05, 4.69) is 10.1 Å². The lowest BCUT2D eigenvalue weighted by Crippen LogP contribution is -2.15. The second-order valence-electron chi connectivity index (χ2n) is 7.29. The van der Waals surface area contributed by atoms with Gasteiger partial charge in [-0.15, -0.1) is 0 Å². The molecule has 0 aliphatic heterocycles. The maximum absolute atomic E-state index is 12.7. The summed E-state index contributed by atoms with van der Waals surface area (Å²) in [5, 5.41) is 5.37. The number of halogens is 1. The maximum atomic E-state index is 12.7. The van der Waals surface area contributed by atoms with Crippen LogP contribution in [-0.4, -0.2) is 21.8 Å². The first-order valence-corrected chi connectivity index (χ1v) is 10.0. The van der Waals surface area contributed by atoms with E-state index in [4.69, 9.17) is 25.3 Å². The van der Waals surface area contributed by atoms with Crippen LogP contribution in [0.1, 0.15) is 17.0 Å². The Morgan fingerprint density at radius 3 is 2.71 bits per heavy atom. The normalized spacial score (nSPS) is 11.5. The van der Waals surface area contributed by atoms with Gasteiger partial charge in [0.2, 0.25) is 0 Å². The van der Waals surface area contributed by atoms with E-state index in [9.17, 15) is 4.79 Å². The lowest BCUT2D eigenvalue weighted by Gasteiger charge is -2.11. The van der Waals surface area contributed by atoms with Crippen molar-refractivity contribution >= 4 is 33.6 Å². The second kappa shape index (κ2) is 7.28. The van der Waals surface area contributed by atoms with Crippen molar-refractivity contribution in [2.24, 2.45) is 0 Å². The number of rotatable bonds is 4. The number of aromatic nitrogens is 3. The zero-order valence-electron chi connectivity index (χ0n) is 17.1. The van der Waals surface area contributed by atoms with Crippen LogP contribution in [0.5, 0.6) is 5.75 Å². The summed E-state index contributed by atoms with van der Waals surface area (Å²) in [7, 11) is 1.60. The van der Waals surface area contributed by atoms with E-state index in [1.54, 1.807) is 23.9 Å². The molecule has 0 amide bonds. The average molecular weight is 436 g/mol. The Kier molecular flexibility index (Phi) is 4.55. The lowest BCUT2D eigenvalue weighted by molar-refractivity contribution is 0.393. The number of nitrogens with zero attached hydrogens (tertiary/aromatic N) is 3. The van der Waals surface area contributed by atoms with Crippen LogP contribution in [0, 0.1) is 13.8 Å². The van der Waals surface area contributed by atoms with Gasteiger partial charge in [-0.2, -0.15) is 0 Å². The number of methoxy groups -OCH3 is 1. The highest BCUT2D eigenvalue weighted by Gasteiger charge is 2.20. The molecule has 5 aromatic rings. The zero-order valence-corrected chi connectivity index (χ0v) is 17.9. The molecule has 3 aromatic heterocycles. The van der Waals surface area contributed by atoms with Crippen LogP contribution >= 0.6 is 11.6 Å². The number of fused-ring (bicyclic) bond motifs is 3. The van der Waals surface area contributed by atoms with Gasteiger partial charge < -0.3 is 13.7 Å². The van der Waals surface area contributed by atoms with Gasteiger partial charge in [0.25, 0.3) is 0 Å². The van der Waals surface area contributed by atoms with Crippen molar-refractivity contribution in [3.63, 3.8) is 0 Å². The summed E-state index contributed by atoms with van der Waals surface area (Å²) in [4.78, 5) is 17.2. The van der Waals surface area contributed by atoms with Crippen molar-refractivity contribution in [1.29, 1.82) is 0 Å². The van der Waals surface area contributed by atoms with Crippen molar-refractivity contribution in [1.82, 2.24) is 14.7 Å². The van der Waals surface area contributed by atoms with E-state index in [0.717, 1.165) is 27.8 Å². The Morgan fingerprint density at radius 1 is 1.19 bits per heavy atom. The van der Waals surface area contributed by atoms with E-state index < -0.39 is 5.76 Å². The zero-order chi connectivity index (χ0) is 21.7. The Morgan fingerprint density at radius 2 is 2.00 bits per heavy atom. The van der Waals surface area contributed by atoms with Crippen LogP contribution in [0.4, 0.5) is 0 Å². The molecule has 3 heterocycles. The molecule has 7 nitrogen and oxygen atoms in total. The van der Waals surface area contributed by atoms with Gasteiger partial charge in [0.1, 0.15) is 17.0 Å². The van der Waals surface area contributed by atoms with Gasteiger partial charge >= 0.3 is 5.76 Å². The fourth-order valence-corrected chi connectivity index (χ4v) is 4.15. The molecule has 0 radical (unpaired) electrons. The standard InChI is InChI=1S/C23H18ClN3O4/c1-12-21(13(2)31-26-12)16-8-18-15(9-19(16)29-3)22-20(10-25-18)30-23(28)27(22)11-14-6-4-5-7-17(14)24/h4-10H,11H2,1-3H3. The third-order valence-electron chi connectivity index (χ3n) is 5.40. The van der Waals surface area contributed by atoms with Gasteiger partial charge in [-0.3, -0.25) is 9.55 Å². The third kappa shape index (κ3) is 3.09. The number of aryl methyl sites for hydroxylation is 2. The molecule has 0 saturated heterocycles. The van der Waals surface area contributed by atoms with Crippen molar-refractivity contribution in [2.45, 2.75) is 20.4 Å². The number of pyridine rings is 1. The maximum Gasteiger partial charge on any atom is 0.420 e. The summed E-state index contributed by atoms with van der Waals surface area (Å²) in [5.41, 5.74) is 4.99. The third-order valence-corrected chi connectivity index (χ3v) is 5.77. The van der Waals surface area contributed by atoms with Gasteiger partial charge in [-0.25, -0.2) is 4.79 Å². The Labute approximate surface area is 181 Å². The summed E-state index contributed by atoms with van der Waals surface area (Å²) >= 11 is 6.32. The van der Waals surface area contributed by atoms with Crippen LogP contribution < -0.4 is 10.5 Å². The van der Waals surface area contributed by atoms with E-state index in [1.807, 2.05) is 44.2 Å². The average Bonchev–Trinajstić information content (AvgIpc) is 3.26. The minimum absolute atomic E-state index is 0.276. The second-order valence-corrected chi connectivity index (χ2v) is 7.69. The minimum Gasteiger partial charge on any atom is -0.496 e. The molecule has 0 saturated carbocycles. The molecule has 0 spiro atoms. The van der Waals surface area contributed by atoms with Crippen LogP contribution in [0.25, 0.3) is 33.1 Å². The molecule has 0 aliphatic carbocycles.